The molecule has 2 amide bonds. The number of aryl methyl sites for hydroxylation is 2. The van der Waals surface area contributed by atoms with E-state index in [4.69, 9.17) is 0 Å². The number of anilines is 1. The standard InChI is InChI=1S/C19H20N6O2S/c1-11-8-16-23-24-19(25(16)12(2)20-11)28-10-17(26)21-15-5-3-4-13(9-15)18(27)22-14-6-7-14/h3-5,8-9,14H,6-7,10H2,1-2H3,(H,21,26)(H,22,27). The Morgan fingerprint density at radius 1 is 1.21 bits per heavy atom. The first-order valence-corrected chi connectivity index (χ1v) is 10.0. The van der Waals surface area contributed by atoms with Crippen LogP contribution in [0.2, 0.25) is 0 Å². The van der Waals surface area contributed by atoms with Crippen LogP contribution in [-0.4, -0.2) is 43.2 Å². The Morgan fingerprint density at radius 2 is 2.04 bits per heavy atom. The number of hydrogen-bond acceptors (Lipinski definition) is 6. The highest BCUT2D eigenvalue weighted by molar-refractivity contribution is 7.99. The Bertz CT molecular complexity index is 1060. The lowest BCUT2D eigenvalue weighted by atomic mass is 10.2. The molecule has 144 valence electrons. The van der Waals surface area contributed by atoms with Gasteiger partial charge in [-0.15, -0.1) is 10.2 Å². The average molecular weight is 396 g/mol. The summed E-state index contributed by atoms with van der Waals surface area (Å²) in [6.45, 7) is 3.78. The summed E-state index contributed by atoms with van der Waals surface area (Å²) in [6.07, 6.45) is 2.07. The molecule has 1 fully saturated rings. The summed E-state index contributed by atoms with van der Waals surface area (Å²) in [4.78, 5) is 28.9. The van der Waals surface area contributed by atoms with Gasteiger partial charge in [0.25, 0.3) is 5.91 Å². The van der Waals surface area contributed by atoms with Gasteiger partial charge in [-0.1, -0.05) is 17.8 Å². The average Bonchev–Trinajstić information content (AvgIpc) is 3.37. The fourth-order valence-electron chi connectivity index (χ4n) is 2.86. The summed E-state index contributed by atoms with van der Waals surface area (Å²) >= 11 is 1.29. The first kappa shape index (κ1) is 18.4. The lowest BCUT2D eigenvalue weighted by Gasteiger charge is -2.08. The monoisotopic (exact) mass is 396 g/mol. The van der Waals surface area contributed by atoms with Gasteiger partial charge in [-0.25, -0.2) is 4.98 Å². The zero-order valence-electron chi connectivity index (χ0n) is 15.6. The van der Waals surface area contributed by atoms with Crippen molar-refractivity contribution in [2.24, 2.45) is 0 Å². The molecule has 2 aromatic heterocycles. The van der Waals surface area contributed by atoms with Crippen LogP contribution in [0.25, 0.3) is 5.65 Å². The van der Waals surface area contributed by atoms with E-state index in [0.717, 1.165) is 24.4 Å². The fraction of sp³-hybridized carbons (Fsp3) is 0.316. The van der Waals surface area contributed by atoms with Gasteiger partial charge >= 0.3 is 0 Å². The van der Waals surface area contributed by atoms with E-state index in [1.807, 2.05) is 24.3 Å². The van der Waals surface area contributed by atoms with Crippen LogP contribution in [0.15, 0.2) is 35.5 Å². The van der Waals surface area contributed by atoms with Crippen LogP contribution in [0.1, 0.15) is 34.7 Å². The van der Waals surface area contributed by atoms with E-state index in [-0.39, 0.29) is 17.6 Å². The van der Waals surface area contributed by atoms with Gasteiger partial charge in [-0.3, -0.25) is 14.0 Å². The summed E-state index contributed by atoms with van der Waals surface area (Å²) in [5.41, 5.74) is 2.71. The molecule has 1 aliphatic rings. The van der Waals surface area contributed by atoms with Gasteiger partial charge in [0.2, 0.25) is 5.91 Å². The molecular formula is C19H20N6O2S. The lowest BCUT2D eigenvalue weighted by Crippen LogP contribution is -2.25. The number of nitrogens with zero attached hydrogens (tertiary/aromatic N) is 4. The zero-order chi connectivity index (χ0) is 19.7. The normalized spacial score (nSPS) is 13.5. The molecular weight excluding hydrogens is 376 g/mol. The van der Waals surface area contributed by atoms with Crippen molar-refractivity contribution in [2.45, 2.75) is 37.9 Å². The molecule has 1 saturated carbocycles. The molecule has 1 aliphatic carbocycles. The van der Waals surface area contributed by atoms with Gasteiger partial charge in [0.05, 0.1) is 5.75 Å². The van der Waals surface area contributed by atoms with Crippen molar-refractivity contribution >= 4 is 34.9 Å². The Hall–Kier alpha value is -2.94. The number of carbonyl (C=O) groups excluding carboxylic acids is 2. The SMILES string of the molecule is Cc1cc2nnc(SCC(=O)Nc3cccc(C(=O)NC4CC4)c3)n2c(C)n1. The van der Waals surface area contributed by atoms with Gasteiger partial charge in [-0.2, -0.15) is 0 Å². The van der Waals surface area contributed by atoms with E-state index < -0.39 is 0 Å². The molecule has 1 aromatic carbocycles. The number of amides is 2. The molecule has 0 unspecified atom stereocenters. The molecule has 0 aliphatic heterocycles. The van der Waals surface area contributed by atoms with E-state index in [1.54, 1.807) is 24.3 Å². The molecule has 28 heavy (non-hydrogen) atoms. The summed E-state index contributed by atoms with van der Waals surface area (Å²) in [5, 5.41) is 14.7. The van der Waals surface area contributed by atoms with Gasteiger partial charge in [0.15, 0.2) is 10.8 Å². The maximum absolute atomic E-state index is 12.3. The Morgan fingerprint density at radius 3 is 2.82 bits per heavy atom. The van der Waals surface area contributed by atoms with Crippen molar-refractivity contribution in [3.05, 3.63) is 47.4 Å². The lowest BCUT2D eigenvalue weighted by molar-refractivity contribution is -0.113. The van der Waals surface area contributed by atoms with E-state index in [0.29, 0.717) is 28.1 Å². The van der Waals surface area contributed by atoms with Crippen LogP contribution in [0.3, 0.4) is 0 Å². The third-order valence-electron chi connectivity index (χ3n) is 4.31. The number of carbonyl (C=O) groups is 2. The van der Waals surface area contributed by atoms with Gasteiger partial charge in [0.1, 0.15) is 5.82 Å². The predicted molar refractivity (Wildman–Crippen MR) is 107 cm³/mol. The summed E-state index contributed by atoms with van der Waals surface area (Å²) in [6, 6.07) is 9.09. The first-order chi connectivity index (χ1) is 13.5. The third-order valence-corrected chi connectivity index (χ3v) is 5.24. The molecule has 0 saturated heterocycles. The minimum Gasteiger partial charge on any atom is -0.349 e. The minimum atomic E-state index is -0.181. The van der Waals surface area contributed by atoms with Crippen molar-refractivity contribution < 1.29 is 9.59 Å². The highest BCUT2D eigenvalue weighted by Crippen LogP contribution is 2.21. The van der Waals surface area contributed by atoms with Crippen LogP contribution in [0.5, 0.6) is 0 Å². The summed E-state index contributed by atoms with van der Waals surface area (Å²) in [5.74, 6) is 0.657. The number of hydrogen-bond donors (Lipinski definition) is 2. The fourth-order valence-corrected chi connectivity index (χ4v) is 3.64. The predicted octanol–water partition coefficient (Wildman–Crippen LogP) is 2.36. The molecule has 9 heteroatoms. The maximum Gasteiger partial charge on any atom is 0.251 e. The van der Waals surface area contributed by atoms with Gasteiger partial charge in [-0.05, 0) is 44.9 Å². The smallest absolute Gasteiger partial charge is 0.251 e. The molecule has 3 aromatic rings. The third kappa shape index (κ3) is 4.14. The zero-order valence-corrected chi connectivity index (χ0v) is 16.4. The van der Waals surface area contributed by atoms with Crippen molar-refractivity contribution in [3.63, 3.8) is 0 Å². The van der Waals surface area contributed by atoms with Crippen LogP contribution in [0, 0.1) is 13.8 Å². The highest BCUT2D eigenvalue weighted by Gasteiger charge is 2.23. The molecule has 8 nitrogen and oxygen atoms in total. The second kappa shape index (κ2) is 7.59. The van der Waals surface area contributed by atoms with Crippen LogP contribution < -0.4 is 10.6 Å². The highest BCUT2D eigenvalue weighted by atomic mass is 32.2. The quantitative estimate of drug-likeness (QED) is 0.621. The number of benzene rings is 1. The van der Waals surface area contributed by atoms with Gasteiger partial charge < -0.3 is 10.6 Å². The first-order valence-electron chi connectivity index (χ1n) is 9.02. The molecule has 0 bridgehead atoms. The van der Waals surface area contributed by atoms with Crippen LogP contribution in [-0.2, 0) is 4.79 Å². The summed E-state index contributed by atoms with van der Waals surface area (Å²) < 4.78 is 1.83. The number of thioether (sulfide) groups is 1. The molecule has 4 rings (SSSR count). The maximum atomic E-state index is 12.3. The Balaban J connectivity index is 1.39. The molecule has 2 N–H and O–H groups in total. The van der Waals surface area contributed by atoms with Crippen LogP contribution in [0.4, 0.5) is 5.69 Å². The van der Waals surface area contributed by atoms with Crippen LogP contribution >= 0.6 is 11.8 Å². The Kier molecular flexibility index (Phi) is 4.99. The number of rotatable bonds is 6. The Labute approximate surface area is 166 Å². The second-order valence-corrected chi connectivity index (χ2v) is 7.73. The van der Waals surface area contributed by atoms with Crippen molar-refractivity contribution in [2.75, 3.05) is 11.1 Å². The number of nitrogens with one attached hydrogen (secondary N) is 2. The van der Waals surface area contributed by atoms with E-state index in [2.05, 4.69) is 25.8 Å². The largest absolute Gasteiger partial charge is 0.349 e. The van der Waals surface area contributed by atoms with Crippen molar-refractivity contribution in [1.29, 1.82) is 0 Å². The molecule has 0 atom stereocenters. The molecule has 2 heterocycles. The van der Waals surface area contributed by atoms with Crippen molar-refractivity contribution in [1.82, 2.24) is 24.9 Å². The second-order valence-electron chi connectivity index (χ2n) is 6.79. The number of aromatic nitrogens is 4. The van der Waals surface area contributed by atoms with Gasteiger partial charge in [0, 0.05) is 29.1 Å². The molecule has 0 spiro atoms. The number of fused-ring (bicyclic) bond motifs is 1. The van der Waals surface area contributed by atoms with E-state index >= 15 is 0 Å². The van der Waals surface area contributed by atoms with Crippen molar-refractivity contribution in [3.8, 4) is 0 Å². The summed E-state index contributed by atoms with van der Waals surface area (Å²) in [7, 11) is 0. The topological polar surface area (TPSA) is 101 Å². The van der Waals surface area contributed by atoms with E-state index in [9.17, 15) is 9.59 Å². The minimum absolute atomic E-state index is 0.110. The van der Waals surface area contributed by atoms with E-state index in [1.165, 1.54) is 11.8 Å². The molecule has 0 radical (unpaired) electrons.